The fourth-order valence-corrected chi connectivity index (χ4v) is 3.50. The minimum absolute atomic E-state index is 0.00738. The van der Waals surface area contributed by atoms with Crippen molar-refractivity contribution in [3.63, 3.8) is 0 Å². The lowest BCUT2D eigenvalue weighted by Gasteiger charge is -2.33. The molecule has 0 N–H and O–H groups in total. The van der Waals surface area contributed by atoms with Gasteiger partial charge in [0, 0.05) is 24.2 Å². The first kappa shape index (κ1) is 23.6. The van der Waals surface area contributed by atoms with E-state index in [0.717, 1.165) is 18.2 Å². The van der Waals surface area contributed by atoms with Gasteiger partial charge in [-0.2, -0.15) is 0 Å². The highest BCUT2D eigenvalue weighted by Crippen LogP contribution is 2.31. The normalized spacial score (nSPS) is 14.9. The molecule has 0 radical (unpaired) electrons. The van der Waals surface area contributed by atoms with Gasteiger partial charge in [-0.05, 0) is 63.3 Å². The molecule has 0 bridgehead atoms. The van der Waals surface area contributed by atoms with E-state index < -0.39 is 28.8 Å². The Morgan fingerprint density at radius 3 is 2.22 bits per heavy atom. The molecule has 8 heteroatoms. The second-order valence-corrected chi connectivity index (χ2v) is 8.85. The van der Waals surface area contributed by atoms with Crippen LogP contribution in [0.2, 0.25) is 0 Å². The Balaban J connectivity index is 1.61. The van der Waals surface area contributed by atoms with E-state index >= 15 is 0 Å². The first-order valence-electron chi connectivity index (χ1n) is 10.4. The number of likely N-dealkylation sites (tertiary alicyclic amines) is 1. The summed E-state index contributed by atoms with van der Waals surface area (Å²) in [7, 11) is 0. The third kappa shape index (κ3) is 5.81. The zero-order chi connectivity index (χ0) is 23.5. The summed E-state index contributed by atoms with van der Waals surface area (Å²) in [6, 6.07) is 5.68. The summed E-state index contributed by atoms with van der Waals surface area (Å²) in [5.74, 6) is -3.12. The van der Waals surface area contributed by atoms with Gasteiger partial charge in [-0.1, -0.05) is 12.1 Å². The van der Waals surface area contributed by atoms with Crippen molar-refractivity contribution in [2.75, 3.05) is 19.7 Å². The molecular formula is C24H26F3NO4. The number of ether oxygens (including phenoxy) is 2. The van der Waals surface area contributed by atoms with E-state index in [0.29, 0.717) is 32.2 Å². The van der Waals surface area contributed by atoms with Gasteiger partial charge < -0.3 is 14.4 Å². The molecule has 0 aromatic heterocycles. The molecule has 3 rings (SSSR count). The average Bonchev–Trinajstić information content (AvgIpc) is 2.72. The van der Waals surface area contributed by atoms with Crippen molar-refractivity contribution in [1.29, 1.82) is 0 Å². The van der Waals surface area contributed by atoms with Gasteiger partial charge in [0.05, 0.1) is 6.61 Å². The quantitative estimate of drug-likeness (QED) is 0.557. The molecule has 1 saturated heterocycles. The van der Waals surface area contributed by atoms with Gasteiger partial charge in [-0.15, -0.1) is 0 Å². The van der Waals surface area contributed by atoms with Crippen LogP contribution in [0.5, 0.6) is 5.75 Å². The number of hydrogen-bond acceptors (Lipinski definition) is 4. The lowest BCUT2D eigenvalue weighted by Crippen LogP contribution is -2.42. The van der Waals surface area contributed by atoms with Crippen molar-refractivity contribution in [3.8, 4) is 16.9 Å². The highest BCUT2D eigenvalue weighted by atomic mass is 19.1. The van der Waals surface area contributed by atoms with Crippen molar-refractivity contribution in [2.45, 2.75) is 39.2 Å². The molecule has 32 heavy (non-hydrogen) atoms. The molecule has 2 aromatic carbocycles. The molecule has 0 saturated carbocycles. The van der Waals surface area contributed by atoms with Crippen LogP contribution in [-0.4, -0.2) is 42.6 Å². The predicted molar refractivity (Wildman–Crippen MR) is 113 cm³/mol. The van der Waals surface area contributed by atoms with Gasteiger partial charge in [0.1, 0.15) is 17.7 Å². The second kappa shape index (κ2) is 9.63. The average molecular weight is 449 g/mol. The summed E-state index contributed by atoms with van der Waals surface area (Å²) >= 11 is 0. The van der Waals surface area contributed by atoms with Gasteiger partial charge in [0.2, 0.25) is 0 Å². The first-order valence-corrected chi connectivity index (χ1v) is 10.4. The highest BCUT2D eigenvalue weighted by Gasteiger charge is 2.27. The van der Waals surface area contributed by atoms with E-state index in [1.165, 1.54) is 12.1 Å². The van der Waals surface area contributed by atoms with Gasteiger partial charge in [0.15, 0.2) is 17.4 Å². The predicted octanol–water partition coefficient (Wildman–Crippen LogP) is 5.61. The minimum Gasteiger partial charge on any atom is -0.487 e. The van der Waals surface area contributed by atoms with Crippen molar-refractivity contribution >= 4 is 12.4 Å². The monoisotopic (exact) mass is 449 g/mol. The topological polar surface area (TPSA) is 55.8 Å². The smallest absolute Gasteiger partial charge is 0.410 e. The third-order valence-electron chi connectivity index (χ3n) is 5.17. The molecule has 1 heterocycles. The van der Waals surface area contributed by atoms with E-state index in [1.807, 2.05) is 0 Å². The number of benzene rings is 2. The maximum absolute atomic E-state index is 14.5. The summed E-state index contributed by atoms with van der Waals surface area (Å²) in [5.41, 5.74) is -0.454. The SMILES string of the molecule is CC(C)(C)OC(=O)N1CCC(COc2c(F)cc(-c3ccc(C=O)cc3F)cc2F)CC1. The van der Waals surface area contributed by atoms with Crippen LogP contribution in [0.3, 0.4) is 0 Å². The van der Waals surface area contributed by atoms with Gasteiger partial charge in [0.25, 0.3) is 0 Å². The van der Waals surface area contributed by atoms with Crippen molar-refractivity contribution < 1.29 is 32.2 Å². The van der Waals surface area contributed by atoms with Crippen LogP contribution >= 0.6 is 0 Å². The first-order chi connectivity index (χ1) is 15.1. The van der Waals surface area contributed by atoms with Crippen molar-refractivity contribution in [1.82, 2.24) is 4.90 Å². The van der Waals surface area contributed by atoms with Gasteiger partial charge >= 0.3 is 6.09 Å². The van der Waals surface area contributed by atoms with Crippen molar-refractivity contribution in [3.05, 3.63) is 53.3 Å². The molecule has 0 atom stereocenters. The molecule has 1 fully saturated rings. The fourth-order valence-electron chi connectivity index (χ4n) is 3.50. The molecule has 172 valence electrons. The Hall–Kier alpha value is -3.03. The Morgan fingerprint density at radius 1 is 1.06 bits per heavy atom. The van der Waals surface area contributed by atoms with Crippen LogP contribution in [-0.2, 0) is 4.74 Å². The number of piperidine rings is 1. The number of amides is 1. The van der Waals surface area contributed by atoms with Gasteiger partial charge in [-0.25, -0.2) is 18.0 Å². The molecule has 0 spiro atoms. The Kier molecular flexibility index (Phi) is 7.11. The van der Waals surface area contributed by atoms with E-state index in [4.69, 9.17) is 9.47 Å². The Bertz CT molecular complexity index is 972. The molecule has 1 amide bonds. The fraction of sp³-hybridized carbons (Fsp3) is 0.417. The van der Waals surface area contributed by atoms with E-state index in [9.17, 15) is 22.8 Å². The van der Waals surface area contributed by atoms with E-state index in [2.05, 4.69) is 0 Å². The maximum atomic E-state index is 14.5. The molecular weight excluding hydrogens is 423 g/mol. The minimum atomic E-state index is -0.940. The lowest BCUT2D eigenvalue weighted by atomic mass is 9.98. The van der Waals surface area contributed by atoms with E-state index in [1.54, 1.807) is 25.7 Å². The van der Waals surface area contributed by atoms with Crippen LogP contribution in [0.25, 0.3) is 11.1 Å². The summed E-state index contributed by atoms with van der Waals surface area (Å²) in [4.78, 5) is 24.5. The molecule has 0 aliphatic carbocycles. The Morgan fingerprint density at radius 2 is 1.69 bits per heavy atom. The zero-order valence-corrected chi connectivity index (χ0v) is 18.3. The summed E-state index contributed by atoms with van der Waals surface area (Å²) < 4.78 is 54.0. The highest BCUT2D eigenvalue weighted by molar-refractivity contribution is 5.77. The van der Waals surface area contributed by atoms with Crippen LogP contribution < -0.4 is 4.74 Å². The Labute approximate surface area is 185 Å². The number of halogens is 3. The maximum Gasteiger partial charge on any atom is 0.410 e. The lowest BCUT2D eigenvalue weighted by molar-refractivity contribution is 0.0163. The zero-order valence-electron chi connectivity index (χ0n) is 18.3. The number of nitrogens with zero attached hydrogens (tertiary/aromatic N) is 1. The molecule has 0 unspecified atom stereocenters. The van der Waals surface area contributed by atoms with Gasteiger partial charge in [-0.3, -0.25) is 4.79 Å². The molecule has 1 aliphatic rings. The standard InChI is InChI=1S/C24H26F3NO4/c1-24(2,3)32-23(30)28-8-6-15(7-9-28)14-31-22-20(26)11-17(12-21(22)27)18-5-4-16(13-29)10-19(18)25/h4-5,10-13,15H,6-9,14H2,1-3H3. The summed E-state index contributed by atoms with van der Waals surface area (Å²) in [5, 5.41) is 0. The number of carbonyl (C=O) groups excluding carboxylic acids is 2. The van der Waals surface area contributed by atoms with Crippen molar-refractivity contribution in [2.24, 2.45) is 5.92 Å². The van der Waals surface area contributed by atoms with E-state index in [-0.39, 0.29) is 35.3 Å². The summed E-state index contributed by atoms with van der Waals surface area (Å²) in [6.45, 7) is 6.45. The largest absolute Gasteiger partial charge is 0.487 e. The molecule has 5 nitrogen and oxygen atoms in total. The number of hydrogen-bond donors (Lipinski definition) is 0. The van der Waals surface area contributed by atoms with Crippen LogP contribution in [0.15, 0.2) is 30.3 Å². The van der Waals surface area contributed by atoms with Crippen LogP contribution in [0.4, 0.5) is 18.0 Å². The summed E-state index contributed by atoms with van der Waals surface area (Å²) in [6.07, 6.45) is 1.35. The molecule has 1 aliphatic heterocycles. The number of rotatable bonds is 5. The third-order valence-corrected chi connectivity index (χ3v) is 5.17. The molecule has 2 aromatic rings. The number of aldehydes is 1. The second-order valence-electron chi connectivity index (χ2n) is 8.85. The van der Waals surface area contributed by atoms with Crippen LogP contribution in [0, 0.1) is 23.4 Å². The van der Waals surface area contributed by atoms with Crippen LogP contribution in [0.1, 0.15) is 44.0 Å². The number of carbonyl (C=O) groups is 2.